The maximum absolute atomic E-state index is 13.4. The smallest absolute Gasteiger partial charge is 0.417 e. The van der Waals surface area contributed by atoms with Crippen molar-refractivity contribution in [3.63, 3.8) is 0 Å². The molecule has 0 aliphatic carbocycles. The lowest BCUT2D eigenvalue weighted by atomic mass is 9.91. The Kier molecular flexibility index (Phi) is 4.21. The van der Waals surface area contributed by atoms with Gasteiger partial charge in [-0.1, -0.05) is 12.1 Å². The minimum Gasteiger partial charge on any atom is -0.493 e. The summed E-state index contributed by atoms with van der Waals surface area (Å²) in [4.78, 5) is 0. The number of hydrogen-bond acceptors (Lipinski definition) is 1. The molecular weight excluding hydrogens is 346 g/mol. The predicted octanol–water partition coefficient (Wildman–Crippen LogP) is 6.02. The van der Waals surface area contributed by atoms with Crippen LogP contribution in [0.25, 0.3) is 11.1 Å². The number of fused-ring (bicyclic) bond motifs is 1. The summed E-state index contributed by atoms with van der Waals surface area (Å²) in [6.07, 6.45) is -8.36. The van der Waals surface area contributed by atoms with Crippen molar-refractivity contribution in [2.75, 3.05) is 6.61 Å². The Morgan fingerprint density at radius 1 is 0.880 bits per heavy atom. The predicted molar refractivity (Wildman–Crippen MR) is 80.4 cm³/mol. The van der Waals surface area contributed by atoms with Crippen LogP contribution in [0, 0.1) is 6.92 Å². The molecule has 0 atom stereocenters. The molecule has 0 spiro atoms. The summed E-state index contributed by atoms with van der Waals surface area (Å²) in [5.41, 5.74) is -1.27. The van der Waals surface area contributed by atoms with Gasteiger partial charge in [-0.25, -0.2) is 0 Å². The quantitative estimate of drug-likeness (QED) is 0.565. The Bertz CT molecular complexity index is 804. The second-order valence-corrected chi connectivity index (χ2v) is 6.01. The van der Waals surface area contributed by atoms with Gasteiger partial charge in [-0.3, -0.25) is 0 Å². The van der Waals surface area contributed by atoms with Crippen molar-refractivity contribution < 1.29 is 31.1 Å². The van der Waals surface area contributed by atoms with Gasteiger partial charge in [0.05, 0.1) is 17.7 Å². The SMILES string of the molecule is Cc1cc2c(c(-c3ccc(C(F)(F)F)cc3C(F)(F)F)c1)OCCC2. The first-order valence-electron chi connectivity index (χ1n) is 7.62. The van der Waals surface area contributed by atoms with E-state index in [1.54, 1.807) is 6.92 Å². The molecule has 1 nitrogen and oxygen atoms in total. The molecular formula is C18H14F6O. The van der Waals surface area contributed by atoms with Gasteiger partial charge in [-0.05, 0) is 54.7 Å². The van der Waals surface area contributed by atoms with Crippen molar-refractivity contribution in [1.29, 1.82) is 0 Å². The molecule has 0 saturated heterocycles. The van der Waals surface area contributed by atoms with Crippen molar-refractivity contribution in [2.45, 2.75) is 32.1 Å². The molecule has 1 aliphatic heterocycles. The van der Waals surface area contributed by atoms with E-state index in [4.69, 9.17) is 4.74 Å². The standard InChI is InChI=1S/C18H14F6O/c1-10-7-11-3-2-6-25-16(11)14(8-10)13-5-4-12(17(19,20)21)9-15(13)18(22,23)24/h4-5,7-9H,2-3,6H2,1H3. The van der Waals surface area contributed by atoms with Gasteiger partial charge < -0.3 is 4.74 Å². The summed E-state index contributed by atoms with van der Waals surface area (Å²) in [7, 11) is 0. The average Bonchev–Trinajstić information content (AvgIpc) is 2.51. The zero-order valence-electron chi connectivity index (χ0n) is 13.2. The molecule has 0 fully saturated rings. The number of alkyl halides is 6. The van der Waals surface area contributed by atoms with E-state index in [2.05, 4.69) is 0 Å². The van der Waals surface area contributed by atoms with Crippen molar-refractivity contribution in [2.24, 2.45) is 0 Å². The molecule has 0 radical (unpaired) electrons. The summed E-state index contributed by atoms with van der Waals surface area (Å²) < 4.78 is 84.3. The number of aryl methyl sites for hydroxylation is 2. The Labute approximate surface area is 140 Å². The van der Waals surface area contributed by atoms with Gasteiger partial charge in [-0.15, -0.1) is 0 Å². The molecule has 3 rings (SSSR count). The van der Waals surface area contributed by atoms with Crippen molar-refractivity contribution in [3.05, 3.63) is 52.6 Å². The molecule has 2 aromatic rings. The molecule has 0 aromatic heterocycles. The van der Waals surface area contributed by atoms with Crippen LogP contribution in [0.5, 0.6) is 5.75 Å². The third-order valence-corrected chi connectivity index (χ3v) is 4.09. The number of benzene rings is 2. The fourth-order valence-corrected chi connectivity index (χ4v) is 3.03. The van der Waals surface area contributed by atoms with E-state index < -0.39 is 23.5 Å². The van der Waals surface area contributed by atoms with E-state index in [1.165, 1.54) is 6.07 Å². The van der Waals surface area contributed by atoms with E-state index >= 15 is 0 Å². The summed E-state index contributed by atoms with van der Waals surface area (Å²) in [5.74, 6) is 0.321. The van der Waals surface area contributed by atoms with Gasteiger partial charge in [-0.2, -0.15) is 26.3 Å². The van der Waals surface area contributed by atoms with Crippen LogP contribution in [0.4, 0.5) is 26.3 Å². The van der Waals surface area contributed by atoms with Crippen LogP contribution in [-0.2, 0) is 18.8 Å². The second-order valence-electron chi connectivity index (χ2n) is 6.01. The first-order valence-corrected chi connectivity index (χ1v) is 7.62. The number of halogens is 6. The van der Waals surface area contributed by atoms with Crippen LogP contribution < -0.4 is 4.74 Å². The van der Waals surface area contributed by atoms with Crippen molar-refractivity contribution in [1.82, 2.24) is 0 Å². The van der Waals surface area contributed by atoms with Gasteiger partial charge in [0.1, 0.15) is 5.75 Å². The van der Waals surface area contributed by atoms with Crippen LogP contribution in [-0.4, -0.2) is 6.61 Å². The van der Waals surface area contributed by atoms with Crippen molar-refractivity contribution in [3.8, 4) is 16.9 Å². The molecule has 2 aromatic carbocycles. The molecule has 0 saturated carbocycles. The molecule has 25 heavy (non-hydrogen) atoms. The van der Waals surface area contributed by atoms with Gasteiger partial charge in [0.15, 0.2) is 0 Å². The maximum atomic E-state index is 13.4. The largest absolute Gasteiger partial charge is 0.493 e. The molecule has 0 unspecified atom stereocenters. The third-order valence-electron chi connectivity index (χ3n) is 4.09. The van der Waals surface area contributed by atoms with E-state index in [9.17, 15) is 26.3 Å². The summed E-state index contributed by atoms with van der Waals surface area (Å²) in [6, 6.07) is 5.05. The molecule has 1 heterocycles. The topological polar surface area (TPSA) is 9.23 Å². The summed E-state index contributed by atoms with van der Waals surface area (Å²) in [5, 5.41) is 0. The molecule has 134 valence electrons. The highest BCUT2D eigenvalue weighted by Gasteiger charge is 2.39. The average molecular weight is 360 g/mol. The molecule has 0 bridgehead atoms. The molecule has 7 heteroatoms. The van der Waals surface area contributed by atoms with E-state index in [0.29, 0.717) is 24.8 Å². The number of ether oxygens (including phenoxy) is 1. The second kappa shape index (κ2) is 5.97. The molecule has 0 amide bonds. The lowest BCUT2D eigenvalue weighted by molar-refractivity contribution is -0.142. The first kappa shape index (κ1) is 17.6. The van der Waals surface area contributed by atoms with Gasteiger partial charge in [0.2, 0.25) is 0 Å². The van der Waals surface area contributed by atoms with E-state index in [-0.39, 0.29) is 17.2 Å². The van der Waals surface area contributed by atoms with Crippen molar-refractivity contribution >= 4 is 0 Å². The zero-order valence-corrected chi connectivity index (χ0v) is 13.2. The van der Waals surface area contributed by atoms with E-state index in [1.807, 2.05) is 6.07 Å². The third kappa shape index (κ3) is 3.45. The normalized spacial score (nSPS) is 14.8. The van der Waals surface area contributed by atoms with Gasteiger partial charge >= 0.3 is 12.4 Å². The monoisotopic (exact) mass is 360 g/mol. The number of rotatable bonds is 1. The van der Waals surface area contributed by atoms with Crippen LogP contribution in [0.2, 0.25) is 0 Å². The lowest BCUT2D eigenvalue weighted by Gasteiger charge is -2.23. The van der Waals surface area contributed by atoms with Crippen LogP contribution in [0.3, 0.4) is 0 Å². The highest BCUT2D eigenvalue weighted by Crippen LogP contribution is 2.45. The van der Waals surface area contributed by atoms with Crippen LogP contribution in [0.15, 0.2) is 30.3 Å². The summed E-state index contributed by atoms with van der Waals surface area (Å²) >= 11 is 0. The highest BCUT2D eigenvalue weighted by molar-refractivity contribution is 5.77. The van der Waals surface area contributed by atoms with E-state index in [0.717, 1.165) is 23.6 Å². The van der Waals surface area contributed by atoms with Gasteiger partial charge in [0.25, 0.3) is 0 Å². The number of hydrogen-bond donors (Lipinski definition) is 0. The molecule has 0 N–H and O–H groups in total. The molecule has 1 aliphatic rings. The minimum atomic E-state index is -4.91. The van der Waals surface area contributed by atoms with Crippen LogP contribution >= 0.6 is 0 Å². The summed E-state index contributed by atoms with van der Waals surface area (Å²) in [6.45, 7) is 2.10. The Morgan fingerprint density at radius 3 is 2.24 bits per heavy atom. The Morgan fingerprint density at radius 2 is 1.60 bits per heavy atom. The fraction of sp³-hybridized carbons (Fsp3) is 0.333. The zero-order chi connectivity index (χ0) is 18.4. The Balaban J connectivity index is 2.26. The lowest BCUT2D eigenvalue weighted by Crippen LogP contribution is -2.14. The van der Waals surface area contributed by atoms with Gasteiger partial charge in [0, 0.05) is 5.56 Å². The minimum absolute atomic E-state index is 0.160. The maximum Gasteiger partial charge on any atom is 0.417 e. The Hall–Kier alpha value is -2.18. The van der Waals surface area contributed by atoms with Crippen LogP contribution in [0.1, 0.15) is 28.7 Å². The first-order chi connectivity index (χ1) is 11.6. The fourth-order valence-electron chi connectivity index (χ4n) is 3.03. The highest BCUT2D eigenvalue weighted by atomic mass is 19.4.